The van der Waals surface area contributed by atoms with Gasteiger partial charge in [-0.25, -0.2) is 4.68 Å². The zero-order valence-electron chi connectivity index (χ0n) is 18.4. The SMILES string of the molecule is CC1(C)CC(=O)C2=C(C1)Oc1ccc3ccccc3c1C2c1cn(-c2ccccc2Cl)nn1. The molecule has 3 aromatic carbocycles. The van der Waals surface area contributed by atoms with E-state index in [0.29, 0.717) is 29.1 Å². The van der Waals surface area contributed by atoms with Crippen LogP contribution < -0.4 is 4.74 Å². The molecule has 33 heavy (non-hydrogen) atoms. The summed E-state index contributed by atoms with van der Waals surface area (Å²) < 4.78 is 8.07. The lowest BCUT2D eigenvalue weighted by atomic mass is 9.70. The molecule has 1 aromatic heterocycles. The van der Waals surface area contributed by atoms with Crippen LogP contribution in [0.25, 0.3) is 16.5 Å². The van der Waals surface area contributed by atoms with Gasteiger partial charge >= 0.3 is 0 Å². The van der Waals surface area contributed by atoms with Gasteiger partial charge in [0, 0.05) is 24.0 Å². The molecular formula is C27H22ClN3O2. The normalized spacial score (nSPS) is 19.2. The Labute approximate surface area is 196 Å². The van der Waals surface area contributed by atoms with Crippen molar-refractivity contribution >= 4 is 28.2 Å². The van der Waals surface area contributed by atoms with Crippen LogP contribution in [0.1, 0.15) is 43.9 Å². The average Bonchev–Trinajstić information content (AvgIpc) is 3.26. The van der Waals surface area contributed by atoms with Gasteiger partial charge in [0.15, 0.2) is 5.78 Å². The highest BCUT2D eigenvalue weighted by molar-refractivity contribution is 6.32. The Hall–Kier alpha value is -3.44. The summed E-state index contributed by atoms with van der Waals surface area (Å²) in [5.41, 5.74) is 2.96. The van der Waals surface area contributed by atoms with Gasteiger partial charge in [-0.1, -0.05) is 73.1 Å². The molecule has 1 unspecified atom stereocenters. The standard InChI is InChI=1S/C27H22ClN3O2/c1-27(2)13-21(32)26-23(14-27)33-22-12-11-16-7-3-4-8-17(16)24(22)25(26)19-15-31(30-29-19)20-10-6-5-9-18(20)28/h3-12,15,25H,13-14H2,1-2H3. The Morgan fingerprint density at radius 1 is 1.03 bits per heavy atom. The molecule has 0 spiro atoms. The largest absolute Gasteiger partial charge is 0.461 e. The van der Waals surface area contributed by atoms with Crippen LogP contribution in [0.4, 0.5) is 0 Å². The molecular weight excluding hydrogens is 434 g/mol. The number of carbonyl (C=O) groups is 1. The molecule has 2 heterocycles. The van der Waals surface area contributed by atoms with E-state index in [1.54, 1.807) is 4.68 Å². The molecule has 4 aromatic rings. The predicted molar refractivity (Wildman–Crippen MR) is 128 cm³/mol. The number of benzene rings is 3. The summed E-state index contributed by atoms with van der Waals surface area (Å²) in [7, 11) is 0. The minimum Gasteiger partial charge on any atom is -0.461 e. The first kappa shape index (κ1) is 20.2. The van der Waals surface area contributed by atoms with E-state index in [0.717, 1.165) is 33.5 Å². The van der Waals surface area contributed by atoms with Crippen molar-refractivity contribution in [3.05, 3.63) is 94.5 Å². The second kappa shape index (κ2) is 7.29. The van der Waals surface area contributed by atoms with Crippen molar-refractivity contribution in [3.63, 3.8) is 0 Å². The number of aromatic nitrogens is 3. The molecule has 0 saturated carbocycles. The predicted octanol–water partition coefficient (Wildman–Crippen LogP) is 6.24. The fourth-order valence-electron chi connectivity index (χ4n) is 5.09. The maximum absolute atomic E-state index is 13.5. The van der Waals surface area contributed by atoms with Gasteiger partial charge in [0.05, 0.1) is 28.5 Å². The van der Waals surface area contributed by atoms with Crippen molar-refractivity contribution in [2.75, 3.05) is 0 Å². The van der Waals surface area contributed by atoms with Crippen LogP contribution in [0.3, 0.4) is 0 Å². The van der Waals surface area contributed by atoms with Crippen molar-refractivity contribution < 1.29 is 9.53 Å². The first-order valence-corrected chi connectivity index (χ1v) is 11.4. The number of para-hydroxylation sites is 1. The lowest BCUT2D eigenvalue weighted by Crippen LogP contribution is -2.33. The number of carbonyl (C=O) groups excluding carboxylic acids is 1. The van der Waals surface area contributed by atoms with E-state index >= 15 is 0 Å². The molecule has 5 nitrogen and oxygen atoms in total. The minimum atomic E-state index is -0.352. The fourth-order valence-corrected chi connectivity index (χ4v) is 5.31. The van der Waals surface area contributed by atoms with Crippen LogP contribution in [0.15, 0.2) is 78.2 Å². The first-order chi connectivity index (χ1) is 15.9. The number of hydrogen-bond acceptors (Lipinski definition) is 4. The lowest BCUT2D eigenvalue weighted by molar-refractivity contribution is -0.118. The fraction of sp³-hybridized carbons (Fsp3) is 0.222. The van der Waals surface area contributed by atoms with Crippen molar-refractivity contribution in [2.45, 2.75) is 32.6 Å². The molecule has 0 saturated heterocycles. The van der Waals surface area contributed by atoms with Crippen LogP contribution in [-0.2, 0) is 4.79 Å². The summed E-state index contributed by atoms with van der Waals surface area (Å²) in [4.78, 5) is 13.5. The van der Waals surface area contributed by atoms with Gasteiger partial charge in [-0.3, -0.25) is 4.79 Å². The highest BCUT2D eigenvalue weighted by Crippen LogP contribution is 2.51. The summed E-state index contributed by atoms with van der Waals surface area (Å²) in [6, 6.07) is 19.7. The van der Waals surface area contributed by atoms with Gasteiger partial charge in [0.1, 0.15) is 11.5 Å². The number of hydrogen-bond donors (Lipinski definition) is 0. The van der Waals surface area contributed by atoms with Crippen LogP contribution in [0, 0.1) is 5.41 Å². The number of nitrogens with zero attached hydrogens (tertiary/aromatic N) is 3. The Morgan fingerprint density at radius 3 is 2.67 bits per heavy atom. The second-order valence-electron chi connectivity index (χ2n) is 9.55. The number of allylic oxidation sites excluding steroid dienone is 2. The first-order valence-electron chi connectivity index (χ1n) is 11.0. The van der Waals surface area contributed by atoms with Gasteiger partial charge in [-0.05, 0) is 34.4 Å². The Balaban J connectivity index is 1.59. The lowest BCUT2D eigenvalue weighted by Gasteiger charge is -2.38. The molecule has 6 heteroatoms. The number of halogens is 1. The second-order valence-corrected chi connectivity index (χ2v) is 9.96. The smallest absolute Gasteiger partial charge is 0.163 e. The summed E-state index contributed by atoms with van der Waals surface area (Å²) in [6.45, 7) is 4.22. The molecule has 0 amide bonds. The van der Waals surface area contributed by atoms with E-state index in [4.69, 9.17) is 16.3 Å². The highest BCUT2D eigenvalue weighted by Gasteiger charge is 2.43. The van der Waals surface area contributed by atoms with Crippen LogP contribution in [-0.4, -0.2) is 20.8 Å². The van der Waals surface area contributed by atoms with Gasteiger partial charge in [0.2, 0.25) is 0 Å². The van der Waals surface area contributed by atoms with Gasteiger partial charge in [0.25, 0.3) is 0 Å². The molecule has 1 aliphatic heterocycles. The molecule has 0 radical (unpaired) electrons. The van der Waals surface area contributed by atoms with E-state index < -0.39 is 0 Å². The Bertz CT molecular complexity index is 1470. The van der Waals surface area contributed by atoms with Crippen molar-refractivity contribution in [2.24, 2.45) is 5.41 Å². The maximum atomic E-state index is 13.5. The summed E-state index contributed by atoms with van der Waals surface area (Å²) >= 11 is 6.41. The van der Waals surface area contributed by atoms with Crippen LogP contribution in [0.2, 0.25) is 5.02 Å². The molecule has 0 bridgehead atoms. The Morgan fingerprint density at radius 2 is 1.82 bits per heavy atom. The van der Waals surface area contributed by atoms with Crippen molar-refractivity contribution in [3.8, 4) is 11.4 Å². The van der Waals surface area contributed by atoms with Crippen LogP contribution >= 0.6 is 11.6 Å². The monoisotopic (exact) mass is 455 g/mol. The molecule has 1 atom stereocenters. The zero-order chi connectivity index (χ0) is 22.7. The quantitative estimate of drug-likeness (QED) is 0.359. The average molecular weight is 456 g/mol. The van der Waals surface area contributed by atoms with E-state index in [1.165, 1.54) is 0 Å². The molecule has 1 aliphatic carbocycles. The molecule has 6 rings (SSSR count). The number of fused-ring (bicyclic) bond motifs is 3. The van der Waals surface area contributed by atoms with E-state index in [-0.39, 0.29) is 17.1 Å². The van der Waals surface area contributed by atoms with Gasteiger partial charge < -0.3 is 4.74 Å². The molecule has 0 N–H and O–H groups in total. The summed E-state index contributed by atoms with van der Waals surface area (Å²) in [5.74, 6) is 1.28. The number of Topliss-reactive ketones (excluding diaryl/α,β-unsaturated/α-hetero) is 1. The van der Waals surface area contributed by atoms with Crippen molar-refractivity contribution in [1.29, 1.82) is 0 Å². The third kappa shape index (κ3) is 3.26. The van der Waals surface area contributed by atoms with E-state index in [9.17, 15) is 4.79 Å². The Kier molecular flexibility index (Phi) is 4.46. The topological polar surface area (TPSA) is 57.0 Å². The number of rotatable bonds is 2. The summed E-state index contributed by atoms with van der Waals surface area (Å²) in [5, 5.41) is 11.6. The van der Waals surface area contributed by atoms with E-state index in [1.807, 2.05) is 48.7 Å². The van der Waals surface area contributed by atoms with Gasteiger partial charge in [-0.2, -0.15) is 0 Å². The van der Waals surface area contributed by atoms with Gasteiger partial charge in [-0.15, -0.1) is 5.10 Å². The molecule has 164 valence electrons. The highest BCUT2D eigenvalue weighted by atomic mass is 35.5. The number of ether oxygens (including phenoxy) is 1. The van der Waals surface area contributed by atoms with E-state index in [2.05, 4.69) is 42.4 Å². The third-order valence-corrected chi connectivity index (χ3v) is 6.85. The maximum Gasteiger partial charge on any atom is 0.163 e. The minimum absolute atomic E-state index is 0.108. The third-order valence-electron chi connectivity index (χ3n) is 6.53. The molecule has 2 aliphatic rings. The molecule has 0 fully saturated rings. The zero-order valence-corrected chi connectivity index (χ0v) is 19.1. The number of ketones is 1. The summed E-state index contributed by atoms with van der Waals surface area (Å²) in [6.07, 6.45) is 3.06. The van der Waals surface area contributed by atoms with Crippen LogP contribution in [0.5, 0.6) is 5.75 Å². The van der Waals surface area contributed by atoms with Crippen molar-refractivity contribution in [1.82, 2.24) is 15.0 Å².